The Labute approximate surface area is 181 Å². The second kappa shape index (κ2) is 9.01. The van der Waals surface area contributed by atoms with Crippen LogP contribution in [0.15, 0.2) is 30.3 Å². The van der Waals surface area contributed by atoms with Gasteiger partial charge in [0, 0.05) is 0 Å². The van der Waals surface area contributed by atoms with Gasteiger partial charge in [-0.1, -0.05) is 30.3 Å². The second-order valence-corrected chi connectivity index (χ2v) is 8.85. The summed E-state index contributed by atoms with van der Waals surface area (Å²) >= 11 is 0. The first kappa shape index (κ1) is 23.0. The van der Waals surface area contributed by atoms with Crippen molar-refractivity contribution in [1.29, 1.82) is 0 Å². The molecule has 9 nitrogen and oxygen atoms in total. The zero-order valence-corrected chi connectivity index (χ0v) is 18.2. The van der Waals surface area contributed by atoms with Gasteiger partial charge in [-0.05, 0) is 33.3 Å². The van der Waals surface area contributed by atoms with Crippen LogP contribution in [-0.4, -0.2) is 82.5 Å². The van der Waals surface area contributed by atoms with Crippen molar-refractivity contribution in [1.82, 2.24) is 0 Å². The topological polar surface area (TPSA) is 116 Å². The molecule has 0 radical (unpaired) electrons. The number of rotatable bonds is 5. The Morgan fingerprint density at radius 3 is 2.16 bits per heavy atom. The lowest BCUT2D eigenvalue weighted by atomic mass is 9.98. The fourth-order valence-corrected chi connectivity index (χ4v) is 4.23. The molecule has 3 aliphatic heterocycles. The fourth-order valence-electron chi connectivity index (χ4n) is 4.23. The number of ether oxygens (including phenoxy) is 6. The molecule has 1 aromatic rings. The maximum absolute atomic E-state index is 10.8. The molecule has 3 fully saturated rings. The summed E-state index contributed by atoms with van der Waals surface area (Å²) in [5, 5.41) is 31.6. The Kier molecular flexibility index (Phi) is 6.69. The number of hydrogen-bond donors (Lipinski definition) is 3. The first-order valence-electron chi connectivity index (χ1n) is 10.7. The van der Waals surface area contributed by atoms with Crippen LogP contribution < -0.4 is 0 Å². The molecule has 0 unspecified atom stereocenters. The van der Waals surface area contributed by atoms with Crippen molar-refractivity contribution in [3.05, 3.63) is 35.9 Å². The molecule has 31 heavy (non-hydrogen) atoms. The van der Waals surface area contributed by atoms with Gasteiger partial charge in [0.2, 0.25) is 0 Å². The van der Waals surface area contributed by atoms with E-state index in [1.165, 1.54) is 0 Å². The van der Waals surface area contributed by atoms with E-state index >= 15 is 0 Å². The highest BCUT2D eigenvalue weighted by Crippen LogP contribution is 2.39. The fraction of sp³-hybridized carbons (Fsp3) is 0.727. The van der Waals surface area contributed by atoms with Crippen molar-refractivity contribution in [2.45, 2.75) is 102 Å². The van der Waals surface area contributed by atoms with Crippen LogP contribution >= 0.6 is 0 Å². The van der Waals surface area contributed by atoms with Gasteiger partial charge in [-0.25, -0.2) is 0 Å². The van der Waals surface area contributed by atoms with Crippen LogP contribution in [0.5, 0.6) is 0 Å². The van der Waals surface area contributed by atoms with E-state index < -0.39 is 67.2 Å². The molecule has 0 bridgehead atoms. The summed E-state index contributed by atoms with van der Waals surface area (Å²) in [5.74, 6) is -0.926. The third-order valence-electron chi connectivity index (χ3n) is 5.93. The lowest BCUT2D eigenvalue weighted by Crippen LogP contribution is -2.62. The van der Waals surface area contributed by atoms with Crippen molar-refractivity contribution in [2.75, 3.05) is 0 Å². The Morgan fingerprint density at radius 1 is 0.839 bits per heavy atom. The molecule has 0 saturated carbocycles. The summed E-state index contributed by atoms with van der Waals surface area (Å²) < 4.78 is 35.4. The number of benzene rings is 1. The molecular weight excluding hydrogens is 408 g/mol. The van der Waals surface area contributed by atoms with Crippen LogP contribution in [0.1, 0.15) is 33.3 Å². The van der Waals surface area contributed by atoms with E-state index in [0.29, 0.717) is 0 Å². The Hall–Kier alpha value is -1.14. The quantitative estimate of drug-likeness (QED) is 0.608. The van der Waals surface area contributed by atoms with Gasteiger partial charge in [0.15, 0.2) is 18.4 Å². The lowest BCUT2D eigenvalue weighted by Gasteiger charge is -2.45. The predicted octanol–water partition coefficient (Wildman–Crippen LogP) is 0.681. The summed E-state index contributed by atoms with van der Waals surface area (Å²) in [6, 6.07) is 9.54. The Balaban J connectivity index is 1.51. The average molecular weight is 440 g/mol. The molecule has 3 heterocycles. The normalized spacial score (nSPS) is 44.7. The van der Waals surface area contributed by atoms with Gasteiger partial charge >= 0.3 is 0 Å². The molecule has 9 heteroatoms. The van der Waals surface area contributed by atoms with Crippen molar-refractivity contribution in [2.24, 2.45) is 0 Å². The zero-order valence-electron chi connectivity index (χ0n) is 18.2. The maximum Gasteiger partial charge on any atom is 0.187 e. The molecule has 3 N–H and O–H groups in total. The van der Waals surface area contributed by atoms with Crippen LogP contribution in [0.2, 0.25) is 0 Å². The average Bonchev–Trinajstić information content (AvgIpc) is 3.07. The second-order valence-electron chi connectivity index (χ2n) is 8.85. The highest BCUT2D eigenvalue weighted by atomic mass is 16.8. The molecule has 1 aromatic carbocycles. The van der Waals surface area contributed by atoms with Crippen LogP contribution in [-0.2, 0) is 35.0 Å². The van der Waals surface area contributed by atoms with Crippen molar-refractivity contribution in [3.63, 3.8) is 0 Å². The molecule has 3 aliphatic rings. The van der Waals surface area contributed by atoms with E-state index in [1.54, 1.807) is 27.7 Å². The highest BCUT2D eigenvalue weighted by molar-refractivity contribution is 5.13. The van der Waals surface area contributed by atoms with Gasteiger partial charge in [0.25, 0.3) is 0 Å². The summed E-state index contributed by atoms with van der Waals surface area (Å²) in [5.41, 5.74) is 0.929. The summed E-state index contributed by atoms with van der Waals surface area (Å²) in [6.45, 7) is 7.09. The van der Waals surface area contributed by atoms with Crippen LogP contribution in [0, 0.1) is 0 Å². The summed E-state index contributed by atoms with van der Waals surface area (Å²) in [4.78, 5) is 0. The monoisotopic (exact) mass is 440 g/mol. The minimum absolute atomic E-state index is 0.236. The van der Waals surface area contributed by atoms with Crippen LogP contribution in [0.25, 0.3) is 0 Å². The minimum atomic E-state index is -1.27. The van der Waals surface area contributed by atoms with E-state index in [1.807, 2.05) is 30.3 Å². The lowest BCUT2D eigenvalue weighted by molar-refractivity contribution is -0.356. The van der Waals surface area contributed by atoms with E-state index in [2.05, 4.69) is 0 Å². The highest BCUT2D eigenvalue weighted by Gasteiger charge is 2.56. The number of aliphatic hydroxyl groups is 3. The molecule has 10 atom stereocenters. The van der Waals surface area contributed by atoms with E-state index in [0.717, 1.165) is 5.56 Å². The SMILES string of the molecule is C[C@@H]1O[C@H](OCc2ccccc2)[C@@H](O[C@H]2O[C@@H](C)[C@H](O)[C@H]3OC(C)(C)O[C@@H]23)[C@@H](O)[C@H]1O. The van der Waals surface area contributed by atoms with Crippen LogP contribution in [0.3, 0.4) is 0 Å². The summed E-state index contributed by atoms with van der Waals surface area (Å²) in [7, 11) is 0. The van der Waals surface area contributed by atoms with Crippen molar-refractivity contribution in [3.8, 4) is 0 Å². The van der Waals surface area contributed by atoms with Gasteiger partial charge < -0.3 is 43.7 Å². The Morgan fingerprint density at radius 2 is 1.45 bits per heavy atom. The molecule has 0 aliphatic carbocycles. The van der Waals surface area contributed by atoms with Crippen molar-refractivity contribution >= 4 is 0 Å². The van der Waals surface area contributed by atoms with E-state index in [4.69, 9.17) is 28.4 Å². The molecule has 4 rings (SSSR count). The van der Waals surface area contributed by atoms with Crippen molar-refractivity contribution < 1.29 is 43.7 Å². The zero-order chi connectivity index (χ0) is 22.3. The third-order valence-corrected chi connectivity index (χ3v) is 5.93. The largest absolute Gasteiger partial charge is 0.388 e. The maximum atomic E-state index is 10.8. The predicted molar refractivity (Wildman–Crippen MR) is 107 cm³/mol. The smallest absolute Gasteiger partial charge is 0.187 e. The van der Waals surface area contributed by atoms with Gasteiger partial charge in [-0.2, -0.15) is 0 Å². The molecular formula is C22H32O9. The molecule has 0 spiro atoms. The van der Waals surface area contributed by atoms with Gasteiger partial charge in [0.1, 0.15) is 36.6 Å². The van der Waals surface area contributed by atoms with E-state index in [-0.39, 0.29) is 6.61 Å². The van der Waals surface area contributed by atoms with Gasteiger partial charge in [-0.3, -0.25) is 0 Å². The third kappa shape index (κ3) is 4.80. The van der Waals surface area contributed by atoms with Crippen LogP contribution in [0.4, 0.5) is 0 Å². The number of fused-ring (bicyclic) bond motifs is 1. The van der Waals surface area contributed by atoms with E-state index in [9.17, 15) is 15.3 Å². The number of hydrogen-bond acceptors (Lipinski definition) is 9. The molecule has 0 amide bonds. The standard InChI is InChI=1S/C22H32O9/c1-11-14(23)16(25)18(20(27-11)26-10-13-8-6-5-7-9-13)29-21-19-17(15(24)12(2)28-21)30-22(3,4)31-19/h5-9,11-12,14-21,23-25H,10H2,1-4H3/t11-,12-,14-,15-,16-,17+,18-,19+,20-,21+/m0/s1. The first-order chi connectivity index (χ1) is 14.7. The van der Waals surface area contributed by atoms with Gasteiger partial charge in [-0.15, -0.1) is 0 Å². The molecule has 174 valence electrons. The first-order valence-corrected chi connectivity index (χ1v) is 10.7. The number of aliphatic hydroxyl groups excluding tert-OH is 3. The minimum Gasteiger partial charge on any atom is -0.388 e. The van der Waals surface area contributed by atoms with Gasteiger partial charge in [0.05, 0.1) is 18.8 Å². The Bertz CT molecular complexity index is 729. The molecule has 3 saturated heterocycles. The molecule has 0 aromatic heterocycles. The summed E-state index contributed by atoms with van der Waals surface area (Å²) in [6.07, 6.45) is -8.91.